The first-order valence-corrected chi connectivity index (χ1v) is 11.4. The Hall–Kier alpha value is -3.64. The molecule has 1 aliphatic heterocycles. The van der Waals surface area contributed by atoms with Gasteiger partial charge in [-0.3, -0.25) is 9.69 Å². The van der Waals surface area contributed by atoms with Crippen LogP contribution in [0.3, 0.4) is 0 Å². The lowest BCUT2D eigenvalue weighted by Gasteiger charge is -2.33. The van der Waals surface area contributed by atoms with Gasteiger partial charge in [-0.05, 0) is 56.2 Å². The van der Waals surface area contributed by atoms with E-state index in [1.807, 2.05) is 60.7 Å². The largest absolute Gasteiger partial charge is 0.455 e. The Balaban J connectivity index is 1.19. The standard InChI is InChI=1S/C27H28N4O2/c1-20-28-23-11-5-7-13-25(23)31(20)21-15-17-30(18-16-21)19-27(32)29-24-12-6-8-14-26(24)33-22-9-3-2-4-10-22/h2-14,21H,15-19H2,1H3,(H,29,32). The summed E-state index contributed by atoms with van der Waals surface area (Å²) in [7, 11) is 0. The summed E-state index contributed by atoms with van der Waals surface area (Å²) in [6.45, 7) is 4.21. The van der Waals surface area contributed by atoms with Crippen LogP contribution < -0.4 is 10.1 Å². The Kier molecular flexibility index (Phi) is 6.09. The van der Waals surface area contributed by atoms with E-state index in [4.69, 9.17) is 9.72 Å². The van der Waals surface area contributed by atoms with Crippen molar-refractivity contribution in [2.75, 3.05) is 25.0 Å². The number of likely N-dealkylation sites (tertiary alicyclic amines) is 1. The molecule has 3 aromatic carbocycles. The molecule has 1 aromatic heterocycles. The van der Waals surface area contributed by atoms with Gasteiger partial charge >= 0.3 is 0 Å². The number of fused-ring (bicyclic) bond motifs is 1. The first-order chi connectivity index (χ1) is 16.2. The molecule has 168 valence electrons. The highest BCUT2D eigenvalue weighted by Gasteiger charge is 2.24. The summed E-state index contributed by atoms with van der Waals surface area (Å²) in [4.78, 5) is 19.7. The predicted octanol–water partition coefficient (Wildman–Crippen LogP) is 5.41. The van der Waals surface area contributed by atoms with E-state index in [0.717, 1.165) is 43.0 Å². The Morgan fingerprint density at radius 1 is 0.970 bits per heavy atom. The van der Waals surface area contributed by atoms with Gasteiger partial charge in [0.25, 0.3) is 0 Å². The minimum atomic E-state index is -0.0261. The van der Waals surface area contributed by atoms with Gasteiger partial charge in [0, 0.05) is 19.1 Å². The number of anilines is 1. The lowest BCUT2D eigenvalue weighted by molar-refractivity contribution is -0.117. The highest BCUT2D eigenvalue weighted by atomic mass is 16.5. The van der Waals surface area contributed by atoms with Crippen LogP contribution in [0, 0.1) is 6.92 Å². The number of benzene rings is 3. The number of ether oxygens (including phenoxy) is 1. The van der Waals surface area contributed by atoms with E-state index in [-0.39, 0.29) is 5.91 Å². The predicted molar refractivity (Wildman–Crippen MR) is 131 cm³/mol. The van der Waals surface area contributed by atoms with Crippen molar-refractivity contribution in [2.24, 2.45) is 0 Å². The van der Waals surface area contributed by atoms with E-state index < -0.39 is 0 Å². The molecular formula is C27H28N4O2. The maximum absolute atomic E-state index is 12.8. The molecule has 0 radical (unpaired) electrons. The number of aryl methyl sites for hydroxylation is 1. The minimum Gasteiger partial charge on any atom is -0.455 e. The van der Waals surface area contributed by atoms with Crippen LogP contribution in [-0.2, 0) is 4.79 Å². The quantitative estimate of drug-likeness (QED) is 0.435. The Morgan fingerprint density at radius 3 is 2.48 bits per heavy atom. The van der Waals surface area contributed by atoms with Crippen molar-refractivity contribution in [1.82, 2.24) is 14.5 Å². The molecule has 0 atom stereocenters. The van der Waals surface area contributed by atoms with E-state index >= 15 is 0 Å². The molecule has 0 spiro atoms. The van der Waals surface area contributed by atoms with Gasteiger partial charge in [-0.1, -0.05) is 42.5 Å². The van der Waals surface area contributed by atoms with Gasteiger partial charge in [0.2, 0.25) is 5.91 Å². The third kappa shape index (κ3) is 4.76. The molecule has 0 unspecified atom stereocenters. The van der Waals surface area contributed by atoms with Crippen LogP contribution in [0.4, 0.5) is 5.69 Å². The highest BCUT2D eigenvalue weighted by molar-refractivity contribution is 5.93. The molecule has 1 saturated heterocycles. The molecule has 4 aromatic rings. The number of nitrogens with zero attached hydrogens (tertiary/aromatic N) is 3. The maximum Gasteiger partial charge on any atom is 0.238 e. The first-order valence-electron chi connectivity index (χ1n) is 11.4. The molecule has 5 rings (SSSR count). The SMILES string of the molecule is Cc1nc2ccccc2n1C1CCN(CC(=O)Nc2ccccc2Oc2ccccc2)CC1. The van der Waals surface area contributed by atoms with Crippen LogP contribution in [0.1, 0.15) is 24.7 Å². The lowest BCUT2D eigenvalue weighted by atomic mass is 10.0. The van der Waals surface area contributed by atoms with Gasteiger partial charge in [-0.2, -0.15) is 0 Å². The van der Waals surface area contributed by atoms with E-state index in [9.17, 15) is 4.79 Å². The molecule has 1 aliphatic rings. The summed E-state index contributed by atoms with van der Waals surface area (Å²) in [5, 5.41) is 3.03. The van der Waals surface area contributed by atoms with Gasteiger partial charge in [0.05, 0.1) is 23.3 Å². The number of carbonyl (C=O) groups is 1. The second kappa shape index (κ2) is 9.46. The van der Waals surface area contributed by atoms with Crippen molar-refractivity contribution in [1.29, 1.82) is 0 Å². The number of carbonyl (C=O) groups excluding carboxylic acids is 1. The summed E-state index contributed by atoms with van der Waals surface area (Å²) < 4.78 is 8.33. The monoisotopic (exact) mass is 440 g/mol. The number of para-hydroxylation sites is 5. The number of aromatic nitrogens is 2. The highest BCUT2D eigenvalue weighted by Crippen LogP contribution is 2.30. The molecule has 0 bridgehead atoms. The summed E-state index contributed by atoms with van der Waals surface area (Å²) >= 11 is 0. The van der Waals surface area contributed by atoms with Crippen LogP contribution in [0.15, 0.2) is 78.9 Å². The summed E-state index contributed by atoms with van der Waals surface area (Å²) in [6.07, 6.45) is 2.00. The van der Waals surface area contributed by atoms with Crippen LogP contribution >= 0.6 is 0 Å². The fourth-order valence-electron chi connectivity index (χ4n) is 4.63. The zero-order valence-corrected chi connectivity index (χ0v) is 18.8. The van der Waals surface area contributed by atoms with Crippen molar-refractivity contribution in [3.63, 3.8) is 0 Å². The summed E-state index contributed by atoms with van der Waals surface area (Å²) in [6, 6.07) is 25.9. The fourth-order valence-corrected chi connectivity index (χ4v) is 4.63. The molecule has 0 aliphatic carbocycles. The van der Waals surface area contributed by atoms with Gasteiger partial charge in [0.1, 0.15) is 11.6 Å². The molecule has 1 N–H and O–H groups in total. The minimum absolute atomic E-state index is 0.0261. The zero-order chi connectivity index (χ0) is 22.6. The number of piperidine rings is 1. The van der Waals surface area contributed by atoms with E-state index in [2.05, 4.69) is 39.9 Å². The van der Waals surface area contributed by atoms with Gasteiger partial charge in [0.15, 0.2) is 5.75 Å². The number of imidazole rings is 1. The van der Waals surface area contributed by atoms with Crippen molar-refractivity contribution >= 4 is 22.6 Å². The van der Waals surface area contributed by atoms with E-state index in [1.165, 1.54) is 5.52 Å². The maximum atomic E-state index is 12.8. The van der Waals surface area contributed by atoms with Crippen LogP contribution in [-0.4, -0.2) is 40.0 Å². The lowest BCUT2D eigenvalue weighted by Crippen LogP contribution is -2.39. The zero-order valence-electron chi connectivity index (χ0n) is 18.8. The number of hydrogen-bond donors (Lipinski definition) is 1. The van der Waals surface area contributed by atoms with E-state index in [0.29, 0.717) is 24.0 Å². The molecule has 33 heavy (non-hydrogen) atoms. The Bertz CT molecular complexity index is 1240. The smallest absolute Gasteiger partial charge is 0.238 e. The third-order valence-electron chi connectivity index (χ3n) is 6.19. The van der Waals surface area contributed by atoms with Gasteiger partial charge < -0.3 is 14.6 Å². The third-order valence-corrected chi connectivity index (χ3v) is 6.19. The Morgan fingerprint density at radius 2 is 1.67 bits per heavy atom. The fraction of sp³-hybridized carbons (Fsp3) is 0.259. The summed E-state index contributed by atoms with van der Waals surface area (Å²) in [5.74, 6) is 2.41. The Labute approximate surface area is 193 Å². The molecule has 6 heteroatoms. The number of nitrogens with one attached hydrogen (secondary N) is 1. The normalized spacial score (nSPS) is 14.9. The molecule has 6 nitrogen and oxygen atoms in total. The van der Waals surface area contributed by atoms with Crippen molar-refractivity contribution < 1.29 is 9.53 Å². The van der Waals surface area contributed by atoms with Gasteiger partial charge in [-0.15, -0.1) is 0 Å². The second-order valence-electron chi connectivity index (χ2n) is 8.48. The van der Waals surface area contributed by atoms with Crippen molar-refractivity contribution in [3.05, 3.63) is 84.7 Å². The van der Waals surface area contributed by atoms with Crippen molar-refractivity contribution in [3.8, 4) is 11.5 Å². The molecule has 2 heterocycles. The first kappa shape index (κ1) is 21.2. The second-order valence-corrected chi connectivity index (χ2v) is 8.48. The van der Waals surface area contributed by atoms with Gasteiger partial charge in [-0.25, -0.2) is 4.98 Å². The number of hydrogen-bond acceptors (Lipinski definition) is 4. The van der Waals surface area contributed by atoms with Crippen molar-refractivity contribution in [2.45, 2.75) is 25.8 Å². The number of rotatable bonds is 6. The topological polar surface area (TPSA) is 59.4 Å². The molecule has 1 amide bonds. The average molecular weight is 441 g/mol. The average Bonchev–Trinajstić information content (AvgIpc) is 3.17. The number of amides is 1. The van der Waals surface area contributed by atoms with Crippen LogP contribution in [0.25, 0.3) is 11.0 Å². The molecular weight excluding hydrogens is 412 g/mol. The van der Waals surface area contributed by atoms with Crippen LogP contribution in [0.2, 0.25) is 0 Å². The van der Waals surface area contributed by atoms with Crippen LogP contribution in [0.5, 0.6) is 11.5 Å². The van der Waals surface area contributed by atoms with E-state index in [1.54, 1.807) is 0 Å². The summed E-state index contributed by atoms with van der Waals surface area (Å²) in [5.41, 5.74) is 2.93. The molecule has 1 fully saturated rings. The molecule has 0 saturated carbocycles.